The smallest absolute Gasteiger partial charge is 0.316 e. The van der Waals surface area contributed by atoms with Crippen LogP contribution >= 0.6 is 0 Å². The highest BCUT2D eigenvalue weighted by molar-refractivity contribution is 5.89. The van der Waals surface area contributed by atoms with Crippen molar-refractivity contribution in [2.45, 2.75) is 6.54 Å². The van der Waals surface area contributed by atoms with E-state index in [2.05, 4.69) is 20.6 Å². The van der Waals surface area contributed by atoms with Crippen LogP contribution in [-0.2, 0) is 13.6 Å². The molecule has 0 unspecified atom stereocenters. The molecule has 3 aromatic rings. The van der Waals surface area contributed by atoms with Gasteiger partial charge in [-0.25, -0.2) is 0 Å². The number of hydrogen-bond donors (Lipinski definition) is 1. The molecule has 0 radical (unpaired) electrons. The number of methoxy groups -OCH3 is 1. The van der Waals surface area contributed by atoms with Crippen LogP contribution in [0.25, 0.3) is 11.4 Å². The largest absolute Gasteiger partial charge is 0.497 e. The van der Waals surface area contributed by atoms with Gasteiger partial charge in [-0.3, -0.25) is 9.48 Å². The van der Waals surface area contributed by atoms with Crippen LogP contribution in [0.4, 0.5) is 0 Å². The van der Waals surface area contributed by atoms with E-state index in [9.17, 15) is 4.79 Å². The second-order valence-electron chi connectivity index (χ2n) is 4.86. The summed E-state index contributed by atoms with van der Waals surface area (Å²) < 4.78 is 11.8. The minimum atomic E-state index is -0.435. The van der Waals surface area contributed by atoms with E-state index in [-0.39, 0.29) is 5.89 Å². The van der Waals surface area contributed by atoms with Crippen LogP contribution < -0.4 is 10.1 Å². The van der Waals surface area contributed by atoms with Crippen molar-refractivity contribution in [1.82, 2.24) is 25.2 Å². The zero-order valence-electron chi connectivity index (χ0n) is 12.7. The second-order valence-corrected chi connectivity index (χ2v) is 4.86. The van der Waals surface area contributed by atoms with Crippen molar-refractivity contribution in [2.75, 3.05) is 7.11 Å². The summed E-state index contributed by atoms with van der Waals surface area (Å²) in [5.41, 5.74) is 1.59. The minimum Gasteiger partial charge on any atom is -0.497 e. The van der Waals surface area contributed by atoms with E-state index in [0.717, 1.165) is 5.56 Å². The highest BCUT2D eigenvalue weighted by Crippen LogP contribution is 2.21. The summed E-state index contributed by atoms with van der Waals surface area (Å²) in [4.78, 5) is 16.1. The first-order valence-corrected chi connectivity index (χ1v) is 6.89. The highest BCUT2D eigenvalue weighted by Gasteiger charge is 2.16. The maximum absolute atomic E-state index is 12.0. The summed E-state index contributed by atoms with van der Waals surface area (Å²) in [6, 6.07) is 7.20. The lowest BCUT2D eigenvalue weighted by atomic mass is 10.2. The van der Waals surface area contributed by atoms with Gasteiger partial charge in [0.25, 0.3) is 0 Å². The number of nitrogens with one attached hydrogen (secondary N) is 1. The number of nitrogens with zero attached hydrogens (tertiary/aromatic N) is 4. The molecule has 118 valence electrons. The number of rotatable bonds is 5. The molecule has 1 aromatic carbocycles. The molecule has 8 nitrogen and oxygen atoms in total. The Hall–Kier alpha value is -3.16. The molecule has 0 aliphatic rings. The highest BCUT2D eigenvalue weighted by atomic mass is 16.5. The van der Waals surface area contributed by atoms with Crippen LogP contribution in [0.3, 0.4) is 0 Å². The summed E-state index contributed by atoms with van der Waals surface area (Å²) in [5, 5.41) is 10.6. The molecule has 0 aliphatic carbocycles. The van der Waals surface area contributed by atoms with Gasteiger partial charge in [0.1, 0.15) is 5.75 Å². The molecular formula is C15H15N5O3. The van der Waals surface area contributed by atoms with Gasteiger partial charge in [0, 0.05) is 30.9 Å². The van der Waals surface area contributed by atoms with Gasteiger partial charge in [-0.05, 0) is 12.1 Å². The maximum Gasteiger partial charge on any atom is 0.316 e. The molecule has 1 N–H and O–H groups in total. The fraction of sp³-hybridized carbons (Fsp3) is 0.200. The Kier molecular flexibility index (Phi) is 4.05. The Bertz CT molecular complexity index is 824. The molecule has 0 bridgehead atoms. The second kappa shape index (κ2) is 6.30. The van der Waals surface area contributed by atoms with Gasteiger partial charge in [0.2, 0.25) is 5.82 Å². The summed E-state index contributed by atoms with van der Waals surface area (Å²) in [7, 11) is 3.39. The zero-order valence-corrected chi connectivity index (χ0v) is 12.7. The van der Waals surface area contributed by atoms with E-state index >= 15 is 0 Å². The van der Waals surface area contributed by atoms with E-state index in [4.69, 9.17) is 9.26 Å². The van der Waals surface area contributed by atoms with E-state index in [1.165, 1.54) is 0 Å². The third kappa shape index (κ3) is 3.37. The number of carbonyl (C=O) groups excluding carboxylic acids is 1. The Morgan fingerprint density at radius 3 is 3.04 bits per heavy atom. The molecule has 0 atom stereocenters. The number of hydrogen-bond acceptors (Lipinski definition) is 6. The third-order valence-electron chi connectivity index (χ3n) is 3.16. The SMILES string of the molecule is COc1cccc(-c2noc(C(=O)NCc3cnn(C)c3)n2)c1. The van der Waals surface area contributed by atoms with Crippen molar-refractivity contribution in [3.63, 3.8) is 0 Å². The summed E-state index contributed by atoms with van der Waals surface area (Å²) in [6.07, 6.45) is 3.49. The normalized spacial score (nSPS) is 10.5. The number of aryl methyl sites for hydroxylation is 1. The van der Waals surface area contributed by atoms with Crippen molar-refractivity contribution in [2.24, 2.45) is 7.05 Å². The fourth-order valence-corrected chi connectivity index (χ4v) is 2.02. The van der Waals surface area contributed by atoms with E-state index in [1.54, 1.807) is 24.1 Å². The Balaban J connectivity index is 1.69. The molecule has 0 saturated carbocycles. The molecular weight excluding hydrogens is 298 g/mol. The molecule has 23 heavy (non-hydrogen) atoms. The van der Waals surface area contributed by atoms with Crippen LogP contribution in [0.15, 0.2) is 41.2 Å². The first-order chi connectivity index (χ1) is 11.2. The van der Waals surface area contributed by atoms with E-state index in [1.807, 2.05) is 31.4 Å². The van der Waals surface area contributed by atoms with E-state index in [0.29, 0.717) is 23.7 Å². The monoisotopic (exact) mass is 313 g/mol. The van der Waals surface area contributed by atoms with Crippen molar-refractivity contribution in [1.29, 1.82) is 0 Å². The van der Waals surface area contributed by atoms with Gasteiger partial charge in [-0.2, -0.15) is 10.1 Å². The van der Waals surface area contributed by atoms with Gasteiger partial charge in [-0.15, -0.1) is 0 Å². The molecule has 0 fully saturated rings. The molecule has 8 heteroatoms. The van der Waals surface area contributed by atoms with E-state index < -0.39 is 5.91 Å². The Morgan fingerprint density at radius 2 is 2.30 bits per heavy atom. The van der Waals surface area contributed by atoms with Gasteiger partial charge >= 0.3 is 11.8 Å². The van der Waals surface area contributed by atoms with Crippen LogP contribution in [0.2, 0.25) is 0 Å². The van der Waals surface area contributed by atoms with Crippen molar-refractivity contribution >= 4 is 5.91 Å². The minimum absolute atomic E-state index is 0.0910. The number of ether oxygens (including phenoxy) is 1. The molecule has 2 heterocycles. The van der Waals surface area contributed by atoms with Crippen molar-refractivity contribution < 1.29 is 14.1 Å². The lowest BCUT2D eigenvalue weighted by Gasteiger charge is -2.00. The number of aromatic nitrogens is 4. The third-order valence-corrected chi connectivity index (χ3v) is 3.16. The van der Waals surface area contributed by atoms with Gasteiger partial charge < -0.3 is 14.6 Å². The summed E-state index contributed by atoms with van der Waals surface area (Å²) in [5.74, 6) is 0.479. The molecule has 1 amide bonds. The van der Waals surface area contributed by atoms with Crippen LogP contribution in [0.1, 0.15) is 16.2 Å². The number of carbonyl (C=O) groups is 1. The quantitative estimate of drug-likeness (QED) is 0.765. The summed E-state index contributed by atoms with van der Waals surface area (Å²) >= 11 is 0. The summed E-state index contributed by atoms with van der Waals surface area (Å²) in [6.45, 7) is 0.337. The standard InChI is InChI=1S/C15H15N5O3/c1-20-9-10(8-17-20)7-16-14(21)15-18-13(19-23-15)11-4-3-5-12(6-11)22-2/h3-6,8-9H,7H2,1-2H3,(H,16,21). The van der Waals surface area contributed by atoms with Crippen molar-refractivity contribution in [3.05, 3.63) is 48.1 Å². The number of benzene rings is 1. The molecule has 3 rings (SSSR count). The maximum atomic E-state index is 12.0. The predicted octanol–water partition coefficient (Wildman–Crippen LogP) is 1.41. The lowest BCUT2D eigenvalue weighted by Crippen LogP contribution is -2.22. The Labute approximate surface area is 132 Å². The van der Waals surface area contributed by atoms with Crippen LogP contribution in [-0.4, -0.2) is 32.9 Å². The Morgan fingerprint density at radius 1 is 1.43 bits per heavy atom. The van der Waals surface area contributed by atoms with Crippen molar-refractivity contribution in [3.8, 4) is 17.1 Å². The zero-order chi connectivity index (χ0) is 16.2. The van der Waals surface area contributed by atoms with Gasteiger partial charge in [-0.1, -0.05) is 17.3 Å². The average Bonchev–Trinajstić information content (AvgIpc) is 3.22. The van der Waals surface area contributed by atoms with Crippen LogP contribution in [0.5, 0.6) is 5.75 Å². The first-order valence-electron chi connectivity index (χ1n) is 6.89. The first kappa shape index (κ1) is 14.8. The molecule has 0 saturated heterocycles. The lowest BCUT2D eigenvalue weighted by molar-refractivity contribution is 0.0907. The number of amides is 1. The molecule has 2 aromatic heterocycles. The van der Waals surface area contributed by atoms with Gasteiger partial charge in [0.15, 0.2) is 0 Å². The molecule has 0 aliphatic heterocycles. The topological polar surface area (TPSA) is 95.1 Å². The molecule has 0 spiro atoms. The van der Waals surface area contributed by atoms with Crippen LogP contribution in [0, 0.1) is 0 Å². The average molecular weight is 313 g/mol. The van der Waals surface area contributed by atoms with Gasteiger partial charge in [0.05, 0.1) is 13.3 Å². The fourth-order valence-electron chi connectivity index (χ4n) is 2.02. The predicted molar refractivity (Wildman–Crippen MR) is 80.7 cm³/mol.